The first-order chi connectivity index (χ1) is 7.22. The molecule has 0 radical (unpaired) electrons. The maximum absolute atomic E-state index is 10.2. The minimum absolute atomic E-state index is 0.0556. The highest BCUT2D eigenvalue weighted by atomic mass is 32.2. The molecular formula is C8H13NO5S. The van der Waals surface area contributed by atoms with Crippen molar-refractivity contribution in [3.8, 4) is 0 Å². The first kappa shape index (κ1) is 11.0. The maximum atomic E-state index is 10.2. The fraction of sp³-hybridized carbons (Fsp3) is 1.00. The zero-order chi connectivity index (χ0) is 10.8. The van der Waals surface area contributed by atoms with Crippen LogP contribution in [0.3, 0.4) is 0 Å². The predicted molar refractivity (Wildman–Crippen MR) is 53.3 cm³/mol. The Kier molecular flexibility index (Phi) is 3.32. The van der Waals surface area contributed by atoms with Crippen molar-refractivity contribution in [1.82, 2.24) is 0 Å². The molecule has 0 aromatic rings. The van der Waals surface area contributed by atoms with Crippen molar-refractivity contribution in [2.45, 2.75) is 30.5 Å². The van der Waals surface area contributed by atoms with Crippen molar-refractivity contribution >= 4 is 11.8 Å². The van der Waals surface area contributed by atoms with E-state index < -0.39 is 11.2 Å². The molecule has 0 N–H and O–H groups in total. The van der Waals surface area contributed by atoms with Crippen LogP contribution in [-0.4, -0.2) is 47.6 Å². The minimum Gasteiger partial charge on any atom is -0.372 e. The first-order valence-corrected chi connectivity index (χ1v) is 5.93. The molecule has 86 valence electrons. The number of fused-ring (bicyclic) bond motifs is 1. The van der Waals surface area contributed by atoms with Crippen LogP contribution in [0.2, 0.25) is 0 Å². The molecule has 0 aromatic heterocycles. The molecule has 0 amide bonds. The van der Waals surface area contributed by atoms with Crippen LogP contribution in [0.25, 0.3) is 0 Å². The van der Waals surface area contributed by atoms with Crippen molar-refractivity contribution < 1.29 is 19.4 Å². The van der Waals surface area contributed by atoms with Crippen molar-refractivity contribution in [3.05, 3.63) is 10.1 Å². The Morgan fingerprint density at radius 3 is 2.87 bits per heavy atom. The number of thioether (sulfide) groups is 1. The summed E-state index contributed by atoms with van der Waals surface area (Å²) in [6, 6.07) is 0. The largest absolute Gasteiger partial charge is 0.372 e. The molecule has 2 aliphatic rings. The van der Waals surface area contributed by atoms with Crippen LogP contribution >= 0.6 is 11.8 Å². The maximum Gasteiger partial charge on any atom is 0.294 e. The molecule has 0 bridgehead atoms. The van der Waals surface area contributed by atoms with Crippen LogP contribution in [0.5, 0.6) is 0 Å². The van der Waals surface area contributed by atoms with E-state index in [-0.39, 0.29) is 24.1 Å². The quantitative estimate of drug-likeness (QED) is 0.521. The number of hydrogen-bond donors (Lipinski definition) is 0. The second kappa shape index (κ2) is 4.54. The highest BCUT2D eigenvalue weighted by Crippen LogP contribution is 2.34. The van der Waals surface area contributed by atoms with E-state index in [1.54, 1.807) is 11.8 Å². The van der Waals surface area contributed by atoms with Gasteiger partial charge in [0.15, 0.2) is 6.10 Å². The summed E-state index contributed by atoms with van der Waals surface area (Å²) in [6.07, 6.45) is -0.896. The Morgan fingerprint density at radius 2 is 2.20 bits per heavy atom. The van der Waals surface area contributed by atoms with Crippen molar-refractivity contribution in [1.29, 1.82) is 0 Å². The predicted octanol–water partition coefficient (Wildman–Crippen LogP) is 0.483. The van der Waals surface area contributed by atoms with Crippen molar-refractivity contribution in [3.63, 3.8) is 0 Å². The van der Waals surface area contributed by atoms with E-state index in [1.165, 1.54) is 0 Å². The van der Waals surface area contributed by atoms with Gasteiger partial charge in [-0.1, -0.05) is 6.92 Å². The first-order valence-electron chi connectivity index (χ1n) is 4.88. The van der Waals surface area contributed by atoms with E-state index in [0.29, 0.717) is 6.61 Å². The summed E-state index contributed by atoms with van der Waals surface area (Å²) in [5.74, 6) is 0.987. The highest BCUT2D eigenvalue weighted by Gasteiger charge is 2.49. The van der Waals surface area contributed by atoms with Gasteiger partial charge >= 0.3 is 0 Å². The molecule has 15 heavy (non-hydrogen) atoms. The van der Waals surface area contributed by atoms with E-state index in [4.69, 9.17) is 9.47 Å². The molecule has 4 atom stereocenters. The summed E-state index contributed by atoms with van der Waals surface area (Å²) in [4.78, 5) is 14.7. The van der Waals surface area contributed by atoms with E-state index >= 15 is 0 Å². The summed E-state index contributed by atoms with van der Waals surface area (Å²) >= 11 is 1.76. The molecular weight excluding hydrogens is 222 g/mol. The Balaban J connectivity index is 1.93. The second-order valence-electron chi connectivity index (χ2n) is 3.46. The average molecular weight is 235 g/mol. The third-order valence-corrected chi connectivity index (χ3v) is 3.73. The van der Waals surface area contributed by atoms with Crippen LogP contribution in [0.15, 0.2) is 0 Å². The molecule has 2 aliphatic heterocycles. The lowest BCUT2D eigenvalue weighted by Gasteiger charge is -2.14. The number of ether oxygens (including phenoxy) is 2. The lowest BCUT2D eigenvalue weighted by Crippen LogP contribution is -2.33. The smallest absolute Gasteiger partial charge is 0.294 e. The van der Waals surface area contributed by atoms with Gasteiger partial charge in [-0.05, 0) is 5.75 Å². The topological polar surface area (TPSA) is 70.8 Å². The van der Waals surface area contributed by atoms with Crippen LogP contribution in [0.4, 0.5) is 0 Å². The van der Waals surface area contributed by atoms with Crippen molar-refractivity contribution in [2.24, 2.45) is 0 Å². The van der Waals surface area contributed by atoms with Crippen LogP contribution in [0, 0.1) is 10.1 Å². The van der Waals surface area contributed by atoms with Gasteiger partial charge in [0.1, 0.15) is 12.2 Å². The van der Waals surface area contributed by atoms with Gasteiger partial charge in [-0.15, -0.1) is 10.1 Å². The Labute approximate surface area is 91.4 Å². The minimum atomic E-state index is -0.778. The standard InChI is InChI=1S/C8H13NO5S/c1-2-15-6-4-13-7-5(14-9(10)11)3-12-8(6)7/h5-8H,2-4H2,1H3/t5-,6-,7-,8-/m1/s1. The van der Waals surface area contributed by atoms with Gasteiger partial charge in [0.25, 0.3) is 5.09 Å². The van der Waals surface area contributed by atoms with Crippen LogP contribution < -0.4 is 0 Å². The summed E-state index contributed by atoms with van der Waals surface area (Å²) in [6.45, 7) is 2.90. The number of rotatable bonds is 4. The molecule has 0 aromatic carbocycles. The zero-order valence-electron chi connectivity index (χ0n) is 8.33. The molecule has 2 saturated heterocycles. The van der Waals surface area contributed by atoms with Crippen LogP contribution in [-0.2, 0) is 14.3 Å². The third-order valence-electron chi connectivity index (χ3n) is 2.56. The van der Waals surface area contributed by atoms with E-state index in [1.807, 2.05) is 0 Å². The Morgan fingerprint density at radius 1 is 1.47 bits per heavy atom. The summed E-state index contributed by atoms with van der Waals surface area (Å²) in [7, 11) is 0. The van der Waals surface area contributed by atoms with Gasteiger partial charge in [-0.2, -0.15) is 11.8 Å². The number of nitrogens with zero attached hydrogens (tertiary/aromatic N) is 1. The van der Waals surface area contributed by atoms with Gasteiger partial charge < -0.3 is 14.3 Å². The summed E-state index contributed by atoms with van der Waals surface area (Å²) < 4.78 is 11.0. The lowest BCUT2D eigenvalue weighted by atomic mass is 10.1. The second-order valence-corrected chi connectivity index (χ2v) is 4.97. The zero-order valence-corrected chi connectivity index (χ0v) is 9.14. The fourth-order valence-corrected chi connectivity index (χ4v) is 3.01. The Hall–Kier alpha value is -0.530. The monoisotopic (exact) mass is 235 g/mol. The Bertz CT molecular complexity index is 251. The molecule has 6 nitrogen and oxygen atoms in total. The van der Waals surface area contributed by atoms with E-state index in [0.717, 1.165) is 5.75 Å². The van der Waals surface area contributed by atoms with E-state index in [2.05, 4.69) is 11.8 Å². The average Bonchev–Trinajstić information content (AvgIpc) is 2.71. The lowest BCUT2D eigenvalue weighted by molar-refractivity contribution is -0.769. The molecule has 0 saturated carbocycles. The number of hydrogen-bond acceptors (Lipinski definition) is 6. The molecule has 0 spiro atoms. The van der Waals surface area contributed by atoms with Gasteiger partial charge in [0, 0.05) is 0 Å². The normalized spacial score (nSPS) is 39.0. The molecule has 0 aliphatic carbocycles. The SMILES string of the molecule is CCS[C@@H]1CO[C@H]2[C@@H]1OC[C@H]2O[N+](=O)[O-]. The summed E-state index contributed by atoms with van der Waals surface area (Å²) in [5, 5.41) is 9.72. The molecule has 7 heteroatoms. The van der Waals surface area contributed by atoms with Crippen molar-refractivity contribution in [2.75, 3.05) is 19.0 Å². The molecule has 2 fully saturated rings. The third kappa shape index (κ3) is 2.19. The van der Waals surface area contributed by atoms with Gasteiger partial charge in [0.05, 0.1) is 18.5 Å². The van der Waals surface area contributed by atoms with Gasteiger partial charge in [-0.25, -0.2) is 0 Å². The summed E-state index contributed by atoms with van der Waals surface area (Å²) in [5.41, 5.74) is 0. The molecule has 0 unspecified atom stereocenters. The van der Waals surface area contributed by atoms with Gasteiger partial charge in [-0.3, -0.25) is 0 Å². The highest BCUT2D eigenvalue weighted by molar-refractivity contribution is 7.99. The van der Waals surface area contributed by atoms with Crippen LogP contribution in [0.1, 0.15) is 6.92 Å². The molecule has 2 heterocycles. The van der Waals surface area contributed by atoms with E-state index in [9.17, 15) is 10.1 Å². The molecule has 2 rings (SSSR count). The van der Waals surface area contributed by atoms with Gasteiger partial charge in [0.2, 0.25) is 0 Å². The fourth-order valence-electron chi connectivity index (χ4n) is 1.99.